The Hall–Kier alpha value is -1.25. The number of hydrogen-bond donors (Lipinski definition) is 6. The molecule has 0 aromatic rings. The summed E-state index contributed by atoms with van der Waals surface area (Å²) in [6.45, 7) is 0. The summed E-state index contributed by atoms with van der Waals surface area (Å²) < 4.78 is 0. The van der Waals surface area contributed by atoms with Gasteiger partial charge in [-0.05, 0) is 0 Å². The fraction of sp³-hybridized carbons (Fsp3) is 0.500. The van der Waals surface area contributed by atoms with E-state index in [0.717, 1.165) is 0 Å². The number of aliphatic hydroxyl groups is 2. The first-order chi connectivity index (χ1) is 11.6. The third-order valence-corrected chi connectivity index (χ3v) is 2.56. The van der Waals surface area contributed by atoms with Gasteiger partial charge in [0.2, 0.25) is 0 Å². The first-order valence-corrected chi connectivity index (χ1v) is 6.30. The van der Waals surface area contributed by atoms with E-state index in [0.29, 0.717) is 0 Å². The number of carbonyl (C=O) groups excluding carboxylic acids is 2. The number of carboxylic acid groups (broad SMARTS) is 6. The van der Waals surface area contributed by atoms with Crippen LogP contribution >= 0.6 is 0 Å². The van der Waals surface area contributed by atoms with Crippen LogP contribution in [0.2, 0.25) is 0 Å². The van der Waals surface area contributed by atoms with Crippen LogP contribution in [0.25, 0.3) is 0 Å². The van der Waals surface area contributed by atoms with Crippen molar-refractivity contribution in [2.45, 2.75) is 36.9 Å². The average molecular weight is 694 g/mol. The first kappa shape index (κ1) is 69.9. The molecule has 0 bridgehead atoms. The van der Waals surface area contributed by atoms with Crippen LogP contribution in [-0.4, -0.2) is 165 Å². The zero-order valence-corrected chi connectivity index (χ0v) is 23.5. The van der Waals surface area contributed by atoms with Crippen molar-refractivity contribution in [1.82, 2.24) is 0 Å². The Labute approximate surface area is 249 Å². The Morgan fingerprint density at radius 2 is 0.686 bits per heavy atom. The molecule has 0 aromatic heterocycles. The smallest absolute Gasteiger partial charge is 0.550 e. The van der Waals surface area contributed by atoms with Gasteiger partial charge < -0.3 is 88.8 Å². The van der Waals surface area contributed by atoms with Gasteiger partial charge in [0.05, 0.1) is 12.8 Å². The predicted molar refractivity (Wildman–Crippen MR) is 100.0 cm³/mol. The molecular formula is C12H28BaO21Ti. The topological polar surface area (TPSA) is 490 Å². The third-order valence-electron chi connectivity index (χ3n) is 2.56. The fourth-order valence-electron chi connectivity index (χ4n) is 1.41. The van der Waals surface area contributed by atoms with Gasteiger partial charge in [-0.3, -0.25) is 9.59 Å². The average Bonchev–Trinajstić information content (AvgIpc) is 2.34. The maximum Gasteiger partial charge on any atom is 2.00 e. The summed E-state index contributed by atoms with van der Waals surface area (Å²) in [5, 5.41) is 71.0. The van der Waals surface area contributed by atoms with E-state index in [1.54, 1.807) is 0 Å². The Morgan fingerprint density at radius 1 is 0.514 bits per heavy atom. The van der Waals surface area contributed by atoms with Gasteiger partial charge in [0.25, 0.3) is 0 Å². The largest absolute Gasteiger partial charge is 2.00 e. The molecule has 21 nitrogen and oxygen atoms in total. The molecule has 0 aliphatic rings. The number of carbonyl (C=O) groups is 6. The molecule has 0 aliphatic heterocycles. The van der Waals surface area contributed by atoms with Gasteiger partial charge in [-0.1, -0.05) is 0 Å². The Bertz CT molecular complexity index is 525. The molecule has 0 aliphatic carbocycles. The van der Waals surface area contributed by atoms with Crippen molar-refractivity contribution in [3.8, 4) is 0 Å². The minimum atomic E-state index is -2.86. The van der Waals surface area contributed by atoms with Crippen LogP contribution in [0.5, 0.6) is 0 Å². The normalized spacial score (nSPS) is 8.06. The van der Waals surface area contributed by atoms with E-state index in [1.807, 2.05) is 0 Å². The maximum atomic E-state index is 10.3. The molecule has 0 rings (SSSR count). The van der Waals surface area contributed by atoms with Gasteiger partial charge in [-0.2, -0.15) is 0 Å². The summed E-state index contributed by atoms with van der Waals surface area (Å²) in [6.07, 6.45) is -4.88. The van der Waals surface area contributed by atoms with E-state index >= 15 is 0 Å². The summed E-state index contributed by atoms with van der Waals surface area (Å²) >= 11 is 0. The molecule has 20 N–H and O–H groups in total. The van der Waals surface area contributed by atoms with Gasteiger partial charge in [0.15, 0.2) is 11.2 Å². The minimum Gasteiger partial charge on any atom is -0.550 e. The van der Waals surface area contributed by atoms with E-state index in [9.17, 15) is 39.0 Å². The molecule has 0 spiro atoms. The molecule has 0 saturated heterocycles. The van der Waals surface area contributed by atoms with Crippen LogP contribution in [-0.2, 0) is 50.5 Å². The van der Waals surface area contributed by atoms with Crippen LogP contribution in [0.4, 0.5) is 0 Å². The Morgan fingerprint density at radius 3 is 0.800 bits per heavy atom. The molecule has 208 valence electrons. The van der Waals surface area contributed by atoms with Crippen molar-refractivity contribution < 1.29 is 130 Å². The molecule has 23 heteroatoms. The van der Waals surface area contributed by atoms with Crippen molar-refractivity contribution >= 4 is 84.7 Å². The van der Waals surface area contributed by atoms with Gasteiger partial charge >= 0.3 is 72.8 Å². The Kier molecular flexibility index (Phi) is 61.5. The second-order valence-electron chi connectivity index (χ2n) is 4.91. The standard InChI is InChI=1S/2C6H8O7.Ba.7H2O.Ti/c2*7-3(8)1-6(13,5(11)12)2-4(9)10;;;;;;;;;/h2*13H,1-2H2,(H,7,8)(H,9,10)(H,11,12);;7*1H2;/q;;+2;;;;;;;;/p-2. The minimum absolute atomic E-state index is 0. The molecular weight excluding hydrogens is 665 g/mol. The van der Waals surface area contributed by atoms with Gasteiger partial charge in [0, 0.05) is 46.5 Å². The number of carboxylic acids is 6. The van der Waals surface area contributed by atoms with Crippen LogP contribution in [0, 0.1) is 0 Å². The first-order valence-electron chi connectivity index (χ1n) is 6.30. The van der Waals surface area contributed by atoms with E-state index in [4.69, 9.17) is 30.6 Å². The number of rotatable bonds is 10. The second kappa shape index (κ2) is 30.8. The summed E-state index contributed by atoms with van der Waals surface area (Å²) in [6, 6.07) is 0. The molecule has 35 heavy (non-hydrogen) atoms. The molecule has 0 amide bonds. The zero-order valence-electron chi connectivity index (χ0n) is 17.5. The predicted octanol–water partition coefficient (Wildman–Crippen LogP) is -11.3. The summed E-state index contributed by atoms with van der Waals surface area (Å²) in [5.74, 6) is -10.7. The van der Waals surface area contributed by atoms with Gasteiger partial charge in [-0.15, -0.1) is 0 Å². The van der Waals surface area contributed by atoms with Crippen molar-refractivity contribution in [3.05, 3.63) is 0 Å². The van der Waals surface area contributed by atoms with Crippen molar-refractivity contribution in [1.29, 1.82) is 0 Å². The fourth-order valence-corrected chi connectivity index (χ4v) is 1.41. The van der Waals surface area contributed by atoms with Crippen LogP contribution < -0.4 is 10.2 Å². The molecule has 0 heterocycles. The van der Waals surface area contributed by atoms with Crippen molar-refractivity contribution in [2.24, 2.45) is 0 Å². The van der Waals surface area contributed by atoms with E-state index in [1.165, 1.54) is 0 Å². The SMILES string of the molecule is O.O.O.O.O.O.O.O=C(O)CC(O)(CC(=O)O)C(=O)O.O=C([O-])CC(O)(CC(=O)[O-])C(=O)O.[Ba+2].[Ti]. The van der Waals surface area contributed by atoms with Crippen LogP contribution in [0.15, 0.2) is 0 Å². The summed E-state index contributed by atoms with van der Waals surface area (Å²) in [5.41, 5.74) is -5.60. The Balaban J connectivity index is -0.0000000291. The molecule has 0 saturated carbocycles. The summed E-state index contributed by atoms with van der Waals surface area (Å²) in [4.78, 5) is 60.7. The van der Waals surface area contributed by atoms with Crippen LogP contribution in [0.1, 0.15) is 25.7 Å². The molecule has 0 atom stereocenters. The van der Waals surface area contributed by atoms with E-state index in [-0.39, 0.29) is 109 Å². The molecule has 0 fully saturated rings. The maximum absolute atomic E-state index is 10.3. The molecule has 0 unspecified atom stereocenters. The van der Waals surface area contributed by atoms with Crippen molar-refractivity contribution in [2.75, 3.05) is 0 Å². The van der Waals surface area contributed by atoms with Gasteiger partial charge in [0.1, 0.15) is 0 Å². The van der Waals surface area contributed by atoms with Gasteiger partial charge in [-0.25, -0.2) is 9.59 Å². The summed E-state index contributed by atoms with van der Waals surface area (Å²) in [7, 11) is 0. The van der Waals surface area contributed by atoms with Crippen molar-refractivity contribution in [3.63, 3.8) is 0 Å². The monoisotopic (exact) mass is 694 g/mol. The molecule has 0 aromatic carbocycles. The molecule has 0 radical (unpaired) electrons. The third kappa shape index (κ3) is 32.7. The number of hydrogen-bond acceptors (Lipinski definition) is 10. The quantitative estimate of drug-likeness (QED) is 0.116. The van der Waals surface area contributed by atoms with E-state index < -0.39 is 72.7 Å². The second-order valence-corrected chi connectivity index (χ2v) is 4.91. The zero-order chi connectivity index (χ0) is 21.3. The van der Waals surface area contributed by atoms with E-state index in [2.05, 4.69) is 0 Å². The number of aliphatic carboxylic acids is 6. The van der Waals surface area contributed by atoms with Crippen LogP contribution in [0.3, 0.4) is 0 Å².